The lowest BCUT2D eigenvalue weighted by atomic mass is 10.4. The third kappa shape index (κ3) is 27.5. The first-order valence-corrected chi connectivity index (χ1v) is 13.9. The number of likely N-dealkylation sites (N-methyl/N-ethyl adjacent to an activating group) is 1. The molecular weight excluding hydrogens is 446 g/mol. The van der Waals surface area contributed by atoms with Crippen molar-refractivity contribution in [3.05, 3.63) is 0 Å². The van der Waals surface area contributed by atoms with Crippen molar-refractivity contribution in [3.63, 3.8) is 0 Å². The van der Waals surface area contributed by atoms with E-state index in [-0.39, 0.29) is 37.0 Å². The number of carbonyl (C=O) groups is 2. The number of hydrogen-bond acceptors (Lipinski definition) is 7. The lowest BCUT2D eigenvalue weighted by molar-refractivity contribution is -0.132. The standard InChI is InChI=1S/C6H14NO4P.C6H15O3P.C4H8ClNO/c1-7(2)6(8)4-11-5-12(3,9)10;1-3-4-5-9-10(2,8)6-7;1-6(2)4(7)3-5/h4-5H2,1-3H3,(H,9,10);7H,3-6H2,1-2H3;3H2,1-2H3. The van der Waals surface area contributed by atoms with Gasteiger partial charge in [-0.25, -0.2) is 0 Å². The Morgan fingerprint density at radius 1 is 1.03 bits per heavy atom. The summed E-state index contributed by atoms with van der Waals surface area (Å²) in [5.74, 6) is -0.197. The summed E-state index contributed by atoms with van der Waals surface area (Å²) >= 11 is 5.16. The van der Waals surface area contributed by atoms with Crippen LogP contribution in [0.25, 0.3) is 0 Å². The molecule has 2 N–H and O–H groups in total. The van der Waals surface area contributed by atoms with Gasteiger partial charge in [0.1, 0.15) is 25.2 Å². The second kappa shape index (κ2) is 18.3. The van der Waals surface area contributed by atoms with E-state index in [9.17, 15) is 18.7 Å². The Bertz CT molecular complexity index is 541. The smallest absolute Gasteiger partial charge is 0.248 e. The van der Waals surface area contributed by atoms with E-state index in [1.807, 2.05) is 6.92 Å². The number of amides is 2. The Hall–Kier alpha value is -0.470. The fraction of sp³-hybridized carbons (Fsp3) is 0.875. The molecule has 0 radical (unpaired) electrons. The zero-order valence-corrected chi connectivity index (χ0v) is 21.0. The molecule has 2 atom stereocenters. The Morgan fingerprint density at radius 2 is 1.52 bits per heavy atom. The molecule has 0 saturated heterocycles. The number of aliphatic hydroxyl groups excluding tert-OH is 1. The molecule has 2 amide bonds. The highest BCUT2D eigenvalue weighted by molar-refractivity contribution is 7.57. The molecule has 13 heteroatoms. The van der Waals surface area contributed by atoms with Crippen molar-refractivity contribution in [2.24, 2.45) is 0 Å². The van der Waals surface area contributed by atoms with E-state index >= 15 is 0 Å². The second-order valence-corrected chi connectivity index (χ2v) is 11.8. The van der Waals surface area contributed by atoms with Gasteiger partial charge in [-0.05, 0) is 6.42 Å². The van der Waals surface area contributed by atoms with Gasteiger partial charge < -0.3 is 29.1 Å². The molecule has 0 saturated carbocycles. The monoisotopic (exact) mass is 482 g/mol. The molecule has 29 heavy (non-hydrogen) atoms. The van der Waals surface area contributed by atoms with Crippen LogP contribution in [0.2, 0.25) is 0 Å². The van der Waals surface area contributed by atoms with E-state index in [4.69, 9.17) is 30.9 Å². The maximum absolute atomic E-state index is 11.0. The van der Waals surface area contributed by atoms with Crippen LogP contribution in [-0.2, 0) is 28.0 Å². The number of carbonyl (C=O) groups excluding carboxylic acids is 2. The van der Waals surface area contributed by atoms with E-state index in [1.165, 1.54) is 23.1 Å². The van der Waals surface area contributed by atoms with Crippen molar-refractivity contribution in [2.45, 2.75) is 19.8 Å². The highest BCUT2D eigenvalue weighted by atomic mass is 35.5. The number of nitrogens with zero attached hydrogens (tertiary/aromatic N) is 2. The van der Waals surface area contributed by atoms with Crippen LogP contribution >= 0.6 is 26.3 Å². The first kappa shape index (κ1) is 33.2. The fourth-order valence-corrected chi connectivity index (χ4v) is 2.26. The Kier molecular flexibility index (Phi) is 20.9. The topological polar surface area (TPSA) is 134 Å². The molecule has 0 aromatic carbocycles. The van der Waals surface area contributed by atoms with E-state index in [0.29, 0.717) is 6.61 Å². The van der Waals surface area contributed by atoms with Crippen molar-refractivity contribution in [2.75, 3.05) is 73.3 Å². The van der Waals surface area contributed by atoms with Gasteiger partial charge in [-0.1, -0.05) is 13.3 Å². The number of unbranched alkanes of at least 4 members (excludes halogenated alkanes) is 1. The van der Waals surface area contributed by atoms with Crippen LogP contribution in [-0.4, -0.2) is 105 Å². The van der Waals surface area contributed by atoms with E-state index < -0.39 is 14.7 Å². The minimum Gasteiger partial charge on any atom is -0.386 e. The third-order valence-corrected chi connectivity index (χ3v) is 4.92. The van der Waals surface area contributed by atoms with Gasteiger partial charge in [0.15, 0.2) is 0 Å². The number of aliphatic hydroxyl groups is 1. The zero-order valence-electron chi connectivity index (χ0n) is 18.5. The molecule has 0 aromatic rings. The third-order valence-electron chi connectivity index (χ3n) is 2.79. The average molecular weight is 483 g/mol. The van der Waals surface area contributed by atoms with Crippen molar-refractivity contribution in [3.8, 4) is 0 Å². The first-order chi connectivity index (χ1) is 13.1. The van der Waals surface area contributed by atoms with E-state index in [1.54, 1.807) is 28.2 Å². The summed E-state index contributed by atoms with van der Waals surface area (Å²) in [6.45, 7) is 5.01. The van der Waals surface area contributed by atoms with Gasteiger partial charge >= 0.3 is 0 Å². The molecule has 0 heterocycles. The molecule has 176 valence electrons. The minimum absolute atomic E-state index is 0.0540. The molecule has 10 nitrogen and oxygen atoms in total. The van der Waals surface area contributed by atoms with E-state index in [0.717, 1.165) is 12.8 Å². The molecule has 0 aliphatic rings. The van der Waals surface area contributed by atoms with Gasteiger partial charge in [0.25, 0.3) is 0 Å². The van der Waals surface area contributed by atoms with Gasteiger partial charge in [-0.15, -0.1) is 11.6 Å². The van der Waals surface area contributed by atoms with Gasteiger partial charge in [-0.3, -0.25) is 18.7 Å². The molecule has 0 aliphatic heterocycles. The summed E-state index contributed by atoms with van der Waals surface area (Å²) < 4.78 is 31.3. The van der Waals surface area contributed by atoms with Crippen molar-refractivity contribution in [1.82, 2.24) is 9.80 Å². The van der Waals surface area contributed by atoms with Gasteiger partial charge in [-0.2, -0.15) is 0 Å². The number of rotatable bonds is 10. The van der Waals surface area contributed by atoms with Crippen LogP contribution in [0.15, 0.2) is 0 Å². The fourth-order valence-electron chi connectivity index (χ4n) is 0.994. The maximum Gasteiger partial charge on any atom is 0.248 e. The van der Waals surface area contributed by atoms with Crippen LogP contribution in [0.5, 0.6) is 0 Å². The summed E-state index contributed by atoms with van der Waals surface area (Å²) in [7, 11) is 0.737. The minimum atomic E-state index is -3.15. The quantitative estimate of drug-likeness (QED) is 0.274. The maximum atomic E-state index is 11.0. The summed E-state index contributed by atoms with van der Waals surface area (Å²) in [5, 5.41) is 8.51. The lowest BCUT2D eigenvalue weighted by Gasteiger charge is -2.11. The number of alkyl halides is 1. The number of ether oxygens (including phenoxy) is 1. The Morgan fingerprint density at radius 3 is 1.79 bits per heavy atom. The molecule has 0 aliphatic carbocycles. The summed E-state index contributed by atoms with van der Waals surface area (Å²) in [6, 6.07) is 0. The normalized spacial score (nSPS) is 14.1. The first-order valence-electron chi connectivity index (χ1n) is 8.78. The van der Waals surface area contributed by atoms with Gasteiger partial charge in [0.05, 0.1) is 6.61 Å². The number of halogens is 1. The highest BCUT2D eigenvalue weighted by Crippen LogP contribution is 2.40. The van der Waals surface area contributed by atoms with Crippen molar-refractivity contribution >= 4 is 38.2 Å². The molecule has 0 spiro atoms. The van der Waals surface area contributed by atoms with Crippen LogP contribution in [0.3, 0.4) is 0 Å². The largest absolute Gasteiger partial charge is 0.386 e. The van der Waals surface area contributed by atoms with Crippen LogP contribution < -0.4 is 0 Å². The SMILES string of the molecule is CCCCOP(C)(=O)CO.CN(C)C(=O)CCl.CN(C)C(=O)COCP(C)(=O)O. The molecular formula is C16H37ClN2O8P2. The molecule has 0 fully saturated rings. The summed E-state index contributed by atoms with van der Waals surface area (Å²) in [5.41, 5.74) is 0. The van der Waals surface area contributed by atoms with E-state index in [2.05, 4.69) is 0 Å². The molecule has 0 aromatic heterocycles. The Labute approximate surface area is 179 Å². The second-order valence-electron chi connectivity index (χ2n) is 6.58. The summed E-state index contributed by atoms with van der Waals surface area (Å²) in [4.78, 5) is 32.7. The molecule has 2 unspecified atom stereocenters. The van der Waals surface area contributed by atoms with Crippen molar-refractivity contribution < 1.29 is 38.0 Å². The highest BCUT2D eigenvalue weighted by Gasteiger charge is 2.12. The van der Waals surface area contributed by atoms with Crippen molar-refractivity contribution in [1.29, 1.82) is 0 Å². The van der Waals surface area contributed by atoms with Gasteiger partial charge in [0, 0.05) is 41.5 Å². The Balaban J connectivity index is -0.000000362. The number of hydrogen-bond donors (Lipinski definition) is 2. The molecule has 0 bridgehead atoms. The predicted octanol–water partition coefficient (Wildman–Crippen LogP) is 1.92. The van der Waals surface area contributed by atoms with Crippen LogP contribution in [0, 0.1) is 0 Å². The van der Waals surface area contributed by atoms with Crippen LogP contribution in [0.1, 0.15) is 19.8 Å². The van der Waals surface area contributed by atoms with Crippen LogP contribution in [0.4, 0.5) is 0 Å². The molecule has 0 rings (SSSR count). The predicted molar refractivity (Wildman–Crippen MR) is 116 cm³/mol. The zero-order chi connectivity index (χ0) is 23.7. The van der Waals surface area contributed by atoms with Gasteiger partial charge in [0.2, 0.25) is 26.6 Å². The average Bonchev–Trinajstić information content (AvgIpc) is 2.60. The summed E-state index contributed by atoms with van der Waals surface area (Å²) in [6.07, 6.45) is 1.30. The lowest BCUT2D eigenvalue weighted by Crippen LogP contribution is -2.26.